The molecule has 0 saturated carbocycles. The fourth-order valence-corrected chi connectivity index (χ4v) is 2.57. The van der Waals surface area contributed by atoms with E-state index in [9.17, 15) is 9.90 Å². The van der Waals surface area contributed by atoms with E-state index in [0.717, 1.165) is 37.3 Å². The van der Waals surface area contributed by atoms with Crippen LogP contribution in [0.1, 0.15) is 35.8 Å². The maximum absolute atomic E-state index is 12.5. The molecule has 1 amide bonds. The molecule has 2 N–H and O–H groups in total. The average molecular weight is 277 g/mol. The number of anilines is 1. The molecule has 0 bridgehead atoms. The molecule has 20 heavy (non-hydrogen) atoms. The van der Waals surface area contributed by atoms with Crippen molar-refractivity contribution in [2.75, 3.05) is 32.1 Å². The van der Waals surface area contributed by atoms with Gasteiger partial charge in [-0.25, -0.2) is 4.98 Å². The number of pyridine rings is 1. The second-order valence-electron chi connectivity index (χ2n) is 5.32. The van der Waals surface area contributed by atoms with Crippen molar-refractivity contribution >= 4 is 11.7 Å². The van der Waals surface area contributed by atoms with Gasteiger partial charge >= 0.3 is 0 Å². The van der Waals surface area contributed by atoms with E-state index in [1.54, 1.807) is 6.07 Å². The lowest BCUT2D eigenvalue weighted by molar-refractivity contribution is 0.0781. The van der Waals surface area contributed by atoms with Gasteiger partial charge in [-0.3, -0.25) is 4.79 Å². The molecule has 0 radical (unpaired) electrons. The number of hydrogen-bond donors (Lipinski definition) is 2. The standard InChI is InChI=1S/C15H23N3O2/c1-3-4-13-7-12(8-14(16-2)17-13)15(20)18-6-5-11(9-18)10-19/h7-8,11,19H,3-6,9-10H2,1-2H3,(H,16,17). The van der Waals surface area contributed by atoms with Crippen molar-refractivity contribution in [2.24, 2.45) is 5.92 Å². The predicted molar refractivity (Wildman–Crippen MR) is 78.9 cm³/mol. The van der Waals surface area contributed by atoms with Crippen LogP contribution in [0.2, 0.25) is 0 Å². The first-order valence-electron chi connectivity index (χ1n) is 7.26. The number of hydrogen-bond acceptors (Lipinski definition) is 4. The zero-order valence-electron chi connectivity index (χ0n) is 12.2. The van der Waals surface area contributed by atoms with Gasteiger partial charge in [-0.2, -0.15) is 0 Å². The van der Waals surface area contributed by atoms with Crippen molar-refractivity contribution in [3.05, 3.63) is 23.4 Å². The van der Waals surface area contributed by atoms with Gasteiger partial charge in [0.15, 0.2) is 0 Å². The molecule has 1 atom stereocenters. The number of rotatable bonds is 5. The van der Waals surface area contributed by atoms with Crippen LogP contribution in [0.3, 0.4) is 0 Å². The lowest BCUT2D eigenvalue weighted by Gasteiger charge is -2.17. The zero-order chi connectivity index (χ0) is 14.5. The molecule has 1 fully saturated rings. The first kappa shape index (κ1) is 14.8. The highest BCUT2D eigenvalue weighted by molar-refractivity contribution is 5.95. The molecule has 0 aliphatic carbocycles. The Kier molecular flexibility index (Phi) is 4.95. The van der Waals surface area contributed by atoms with Crippen molar-refractivity contribution in [3.8, 4) is 0 Å². The molecule has 110 valence electrons. The van der Waals surface area contributed by atoms with Crippen LogP contribution in [0.5, 0.6) is 0 Å². The van der Waals surface area contributed by atoms with E-state index in [2.05, 4.69) is 17.2 Å². The molecule has 0 spiro atoms. The third-order valence-corrected chi connectivity index (χ3v) is 3.72. The highest BCUT2D eigenvalue weighted by Gasteiger charge is 2.26. The molecule has 1 saturated heterocycles. The Hall–Kier alpha value is -1.62. The van der Waals surface area contributed by atoms with Gasteiger partial charge in [-0.15, -0.1) is 0 Å². The predicted octanol–water partition coefficient (Wildman–Crippen LogP) is 1.53. The number of carbonyl (C=O) groups excluding carboxylic acids is 1. The molecule has 1 aromatic heterocycles. The summed E-state index contributed by atoms with van der Waals surface area (Å²) < 4.78 is 0. The molecule has 0 aromatic carbocycles. The summed E-state index contributed by atoms with van der Waals surface area (Å²) >= 11 is 0. The molecule has 1 aliphatic rings. The summed E-state index contributed by atoms with van der Waals surface area (Å²) in [5.41, 5.74) is 1.63. The second kappa shape index (κ2) is 6.70. The SMILES string of the molecule is CCCc1cc(C(=O)N2CCC(CO)C2)cc(NC)n1. The van der Waals surface area contributed by atoms with E-state index >= 15 is 0 Å². The van der Waals surface area contributed by atoms with E-state index in [1.807, 2.05) is 18.0 Å². The first-order valence-corrected chi connectivity index (χ1v) is 7.26. The quantitative estimate of drug-likeness (QED) is 0.856. The number of likely N-dealkylation sites (tertiary alicyclic amines) is 1. The monoisotopic (exact) mass is 277 g/mol. The Balaban J connectivity index is 2.18. The third kappa shape index (κ3) is 3.28. The molecule has 1 aliphatic heterocycles. The van der Waals surface area contributed by atoms with Gasteiger partial charge in [-0.05, 0) is 25.0 Å². The number of aromatic nitrogens is 1. The smallest absolute Gasteiger partial charge is 0.254 e. The normalized spacial score (nSPS) is 18.4. The number of aliphatic hydroxyl groups is 1. The fourth-order valence-electron chi connectivity index (χ4n) is 2.57. The number of nitrogens with one attached hydrogen (secondary N) is 1. The van der Waals surface area contributed by atoms with Crippen molar-refractivity contribution in [1.29, 1.82) is 0 Å². The largest absolute Gasteiger partial charge is 0.396 e. The van der Waals surface area contributed by atoms with Crippen LogP contribution in [0.4, 0.5) is 5.82 Å². The van der Waals surface area contributed by atoms with Gasteiger partial charge < -0.3 is 15.3 Å². The molecular weight excluding hydrogens is 254 g/mol. The Morgan fingerprint density at radius 3 is 2.95 bits per heavy atom. The Morgan fingerprint density at radius 2 is 2.35 bits per heavy atom. The summed E-state index contributed by atoms with van der Waals surface area (Å²) in [7, 11) is 1.81. The lowest BCUT2D eigenvalue weighted by Crippen LogP contribution is -2.29. The second-order valence-corrected chi connectivity index (χ2v) is 5.32. The highest BCUT2D eigenvalue weighted by Crippen LogP contribution is 2.20. The van der Waals surface area contributed by atoms with Gasteiger partial charge in [0.1, 0.15) is 5.82 Å². The van der Waals surface area contributed by atoms with Crippen LogP contribution in [0, 0.1) is 5.92 Å². The maximum Gasteiger partial charge on any atom is 0.254 e. The summed E-state index contributed by atoms with van der Waals surface area (Å²) in [4.78, 5) is 18.8. The van der Waals surface area contributed by atoms with Gasteiger partial charge in [0, 0.05) is 43.9 Å². The van der Waals surface area contributed by atoms with Crippen molar-refractivity contribution in [2.45, 2.75) is 26.2 Å². The minimum atomic E-state index is 0.0391. The summed E-state index contributed by atoms with van der Waals surface area (Å²) in [6.45, 7) is 3.63. The number of aryl methyl sites for hydroxylation is 1. The van der Waals surface area contributed by atoms with Gasteiger partial charge in [0.2, 0.25) is 0 Å². The minimum absolute atomic E-state index is 0.0391. The summed E-state index contributed by atoms with van der Waals surface area (Å²) in [6, 6.07) is 3.69. The number of aliphatic hydroxyl groups excluding tert-OH is 1. The molecule has 2 rings (SSSR count). The van der Waals surface area contributed by atoms with Gasteiger partial charge in [0.25, 0.3) is 5.91 Å². The molecule has 5 nitrogen and oxygen atoms in total. The van der Waals surface area contributed by atoms with Crippen molar-refractivity contribution in [1.82, 2.24) is 9.88 Å². The zero-order valence-corrected chi connectivity index (χ0v) is 12.2. The molecule has 1 unspecified atom stereocenters. The summed E-state index contributed by atoms with van der Waals surface area (Å²) in [6.07, 6.45) is 2.76. The molecule has 2 heterocycles. The van der Waals surface area contributed by atoms with Crippen LogP contribution in [0.25, 0.3) is 0 Å². The first-order chi connectivity index (χ1) is 9.67. The van der Waals surface area contributed by atoms with Gasteiger partial charge in [0.05, 0.1) is 0 Å². The maximum atomic E-state index is 12.5. The number of nitrogens with zero attached hydrogens (tertiary/aromatic N) is 2. The molecule has 1 aromatic rings. The van der Waals surface area contributed by atoms with Gasteiger partial charge in [-0.1, -0.05) is 13.3 Å². The van der Waals surface area contributed by atoms with Crippen LogP contribution >= 0.6 is 0 Å². The topological polar surface area (TPSA) is 65.5 Å². The van der Waals surface area contributed by atoms with Crippen molar-refractivity contribution < 1.29 is 9.90 Å². The Bertz CT molecular complexity index is 476. The fraction of sp³-hybridized carbons (Fsp3) is 0.600. The molecular formula is C15H23N3O2. The number of amides is 1. The average Bonchev–Trinajstić information content (AvgIpc) is 2.95. The van der Waals surface area contributed by atoms with Crippen LogP contribution < -0.4 is 5.32 Å². The minimum Gasteiger partial charge on any atom is -0.396 e. The van der Waals surface area contributed by atoms with Crippen LogP contribution in [0.15, 0.2) is 12.1 Å². The third-order valence-electron chi connectivity index (χ3n) is 3.72. The van der Waals surface area contributed by atoms with E-state index in [4.69, 9.17) is 0 Å². The van der Waals surface area contributed by atoms with Crippen LogP contribution in [-0.4, -0.2) is 47.6 Å². The Morgan fingerprint density at radius 1 is 1.55 bits per heavy atom. The van der Waals surface area contributed by atoms with E-state index < -0.39 is 0 Å². The van der Waals surface area contributed by atoms with Crippen LogP contribution in [-0.2, 0) is 6.42 Å². The summed E-state index contributed by atoms with van der Waals surface area (Å²) in [5, 5.41) is 12.2. The van der Waals surface area contributed by atoms with Crippen molar-refractivity contribution in [3.63, 3.8) is 0 Å². The number of carbonyl (C=O) groups is 1. The highest BCUT2D eigenvalue weighted by atomic mass is 16.3. The Labute approximate surface area is 120 Å². The summed E-state index contributed by atoms with van der Waals surface area (Å²) in [5.74, 6) is 0.995. The van der Waals surface area contributed by atoms with E-state index in [-0.39, 0.29) is 18.4 Å². The lowest BCUT2D eigenvalue weighted by atomic mass is 10.1. The van der Waals surface area contributed by atoms with E-state index in [0.29, 0.717) is 12.1 Å². The molecule has 5 heteroatoms. The van der Waals surface area contributed by atoms with E-state index in [1.165, 1.54) is 0 Å².